The highest BCUT2D eigenvalue weighted by Gasteiger charge is 2.33. The van der Waals surface area contributed by atoms with Crippen LogP contribution < -0.4 is 26.0 Å². The van der Waals surface area contributed by atoms with Gasteiger partial charge in [0.1, 0.15) is 23.9 Å². The highest BCUT2D eigenvalue weighted by molar-refractivity contribution is 5.98. The fourth-order valence-corrected chi connectivity index (χ4v) is 5.51. The van der Waals surface area contributed by atoms with Crippen LogP contribution in [0.3, 0.4) is 0 Å². The number of carbonyl (C=O) groups excluding carboxylic acids is 5. The van der Waals surface area contributed by atoms with Gasteiger partial charge in [-0.1, -0.05) is 52.0 Å². The predicted octanol–water partition coefficient (Wildman–Crippen LogP) is 1.25. The highest BCUT2D eigenvalue weighted by atomic mass is 16.5. The first kappa shape index (κ1) is 37.5. The monoisotopic (exact) mass is 689 g/mol. The molecule has 4 rings (SSSR count). The maximum Gasteiger partial charge on any atom is 0.254 e. The largest absolute Gasteiger partial charge is 0.497 e. The van der Waals surface area contributed by atoms with Crippen LogP contribution in [0.25, 0.3) is 11.4 Å². The van der Waals surface area contributed by atoms with Crippen molar-refractivity contribution in [2.75, 3.05) is 20.2 Å². The number of tetrazole rings is 1. The van der Waals surface area contributed by atoms with Crippen molar-refractivity contribution in [2.24, 2.45) is 18.9 Å². The van der Waals surface area contributed by atoms with Gasteiger partial charge in [-0.3, -0.25) is 24.0 Å². The number of aromatic nitrogens is 4. The molecular formula is C35H47N9O6. The molecule has 50 heavy (non-hydrogen) atoms. The molecule has 15 nitrogen and oxygen atoms in total. The average Bonchev–Trinajstić information content (AvgIpc) is 3.52. The molecule has 15 heteroatoms. The SMILES string of the molecule is COc1ccc(C[C@@H]2NC(=O)[C@H](CC(C)C)NC(=O)CN(C(=O)c3ccc(-c4nnn(C)n4)cc3)C[C@H](C(C)C)NC(=O)[C@@H](C)NC2=O)cc1. The summed E-state index contributed by atoms with van der Waals surface area (Å²) in [7, 11) is 3.20. The van der Waals surface area contributed by atoms with Crippen molar-refractivity contribution in [1.29, 1.82) is 0 Å². The number of aryl methyl sites for hydroxylation is 1. The topological polar surface area (TPSA) is 190 Å². The lowest BCUT2D eigenvalue weighted by Crippen LogP contribution is -2.57. The highest BCUT2D eigenvalue weighted by Crippen LogP contribution is 2.18. The van der Waals surface area contributed by atoms with Crippen LogP contribution >= 0.6 is 0 Å². The first-order valence-electron chi connectivity index (χ1n) is 16.7. The number of nitrogens with one attached hydrogen (secondary N) is 4. The van der Waals surface area contributed by atoms with Crippen molar-refractivity contribution in [2.45, 2.75) is 71.6 Å². The Hall–Kier alpha value is -5.34. The van der Waals surface area contributed by atoms with Gasteiger partial charge in [-0.05, 0) is 60.2 Å². The molecule has 4 atom stereocenters. The standard InChI is InChI=1S/C35H47N9O6/c1-20(2)16-27-34(48)38-28(17-23-8-14-26(50-7)15-9-23)33(47)36-22(5)32(46)39-29(21(3)4)18-44(19-30(45)37-27)35(49)25-12-10-24(11-13-25)31-40-42-43(6)41-31/h8-15,20-22,27-29H,16-19H2,1-7H3,(H,36,47)(H,37,45)(H,38,48)(H,39,46)/t22-,27+,28+,29-/m1/s1. The quantitative estimate of drug-likeness (QED) is 0.270. The second-order valence-corrected chi connectivity index (χ2v) is 13.3. The van der Waals surface area contributed by atoms with E-state index in [1.54, 1.807) is 69.6 Å². The Balaban J connectivity index is 1.65. The van der Waals surface area contributed by atoms with E-state index in [4.69, 9.17) is 4.74 Å². The van der Waals surface area contributed by atoms with Gasteiger partial charge in [0.2, 0.25) is 29.5 Å². The minimum atomic E-state index is -1.05. The minimum Gasteiger partial charge on any atom is -0.497 e. The lowest BCUT2D eigenvalue weighted by atomic mass is 10.0. The third kappa shape index (κ3) is 10.1. The van der Waals surface area contributed by atoms with Crippen LogP contribution in [-0.2, 0) is 32.6 Å². The van der Waals surface area contributed by atoms with Gasteiger partial charge in [0.05, 0.1) is 20.7 Å². The Kier molecular flexibility index (Phi) is 12.6. The lowest BCUT2D eigenvalue weighted by Gasteiger charge is -2.31. The summed E-state index contributed by atoms with van der Waals surface area (Å²) in [6.07, 6.45) is 0.409. The molecule has 1 aliphatic heterocycles. The molecule has 4 N–H and O–H groups in total. The fraction of sp³-hybridized carbons (Fsp3) is 0.486. The number of hydrogen-bond acceptors (Lipinski definition) is 9. The first-order chi connectivity index (χ1) is 23.7. The Morgan fingerprint density at radius 3 is 2.12 bits per heavy atom. The molecule has 1 saturated heterocycles. The van der Waals surface area contributed by atoms with Crippen molar-refractivity contribution < 1.29 is 28.7 Å². The maximum atomic E-state index is 14.0. The summed E-state index contributed by atoms with van der Waals surface area (Å²) in [5.74, 6) is -1.71. The van der Waals surface area contributed by atoms with Crippen molar-refractivity contribution >= 4 is 29.5 Å². The minimum absolute atomic E-state index is 0.00853. The predicted molar refractivity (Wildman–Crippen MR) is 185 cm³/mol. The smallest absolute Gasteiger partial charge is 0.254 e. The number of carbonyl (C=O) groups is 5. The third-order valence-electron chi connectivity index (χ3n) is 8.41. The zero-order chi connectivity index (χ0) is 36.5. The molecule has 2 heterocycles. The van der Waals surface area contributed by atoms with Crippen LogP contribution in [0.1, 0.15) is 57.0 Å². The number of benzene rings is 2. The van der Waals surface area contributed by atoms with Crippen molar-refractivity contribution in [1.82, 2.24) is 46.4 Å². The molecule has 0 aliphatic carbocycles. The van der Waals surface area contributed by atoms with Gasteiger partial charge in [0.15, 0.2) is 0 Å². The zero-order valence-electron chi connectivity index (χ0n) is 29.6. The van der Waals surface area contributed by atoms with Crippen LogP contribution in [0.2, 0.25) is 0 Å². The molecule has 5 amide bonds. The van der Waals surface area contributed by atoms with E-state index in [1.807, 2.05) is 27.7 Å². The molecular weight excluding hydrogens is 642 g/mol. The summed E-state index contributed by atoms with van der Waals surface area (Å²) >= 11 is 0. The van der Waals surface area contributed by atoms with Crippen molar-refractivity contribution in [3.05, 3.63) is 59.7 Å². The van der Waals surface area contributed by atoms with Gasteiger partial charge in [-0.15, -0.1) is 10.2 Å². The second kappa shape index (κ2) is 16.9. The van der Waals surface area contributed by atoms with Crippen molar-refractivity contribution in [3.63, 3.8) is 0 Å². The van der Waals surface area contributed by atoms with E-state index in [1.165, 1.54) is 9.70 Å². The molecule has 1 fully saturated rings. The average molecular weight is 690 g/mol. The summed E-state index contributed by atoms with van der Waals surface area (Å²) < 4.78 is 5.24. The normalized spacial score (nSPS) is 21.1. The van der Waals surface area contributed by atoms with E-state index >= 15 is 0 Å². The van der Waals surface area contributed by atoms with E-state index in [0.717, 1.165) is 5.56 Å². The third-order valence-corrected chi connectivity index (χ3v) is 8.41. The van der Waals surface area contributed by atoms with Gasteiger partial charge in [0.25, 0.3) is 5.91 Å². The summed E-state index contributed by atoms with van der Waals surface area (Å²) in [5.41, 5.74) is 1.71. The van der Waals surface area contributed by atoms with Gasteiger partial charge in [0, 0.05) is 30.1 Å². The summed E-state index contributed by atoms with van der Waals surface area (Å²) in [5, 5.41) is 23.3. The number of hydrogen-bond donors (Lipinski definition) is 4. The van der Waals surface area contributed by atoms with E-state index in [-0.39, 0.29) is 37.8 Å². The Bertz CT molecular complexity index is 1660. The van der Waals surface area contributed by atoms with Gasteiger partial charge in [-0.2, -0.15) is 4.80 Å². The number of nitrogens with zero attached hydrogens (tertiary/aromatic N) is 5. The molecule has 0 saturated carbocycles. The molecule has 0 radical (unpaired) electrons. The van der Waals surface area contributed by atoms with E-state index < -0.39 is 53.7 Å². The summed E-state index contributed by atoms with van der Waals surface area (Å²) in [6.45, 7) is 8.77. The molecule has 3 aromatic rings. The number of amides is 5. The number of ether oxygens (including phenoxy) is 1. The van der Waals surface area contributed by atoms with E-state index in [9.17, 15) is 24.0 Å². The molecule has 0 bridgehead atoms. The molecule has 0 unspecified atom stereocenters. The second-order valence-electron chi connectivity index (χ2n) is 13.3. The van der Waals surface area contributed by atoms with Crippen LogP contribution in [0.15, 0.2) is 48.5 Å². The lowest BCUT2D eigenvalue weighted by molar-refractivity contribution is -0.133. The van der Waals surface area contributed by atoms with Gasteiger partial charge in [-0.25, -0.2) is 0 Å². The fourth-order valence-electron chi connectivity index (χ4n) is 5.51. The summed E-state index contributed by atoms with van der Waals surface area (Å²) in [6, 6.07) is 10.1. The van der Waals surface area contributed by atoms with Crippen LogP contribution in [0.5, 0.6) is 5.75 Å². The van der Waals surface area contributed by atoms with Crippen molar-refractivity contribution in [3.8, 4) is 17.1 Å². The van der Waals surface area contributed by atoms with Gasteiger partial charge >= 0.3 is 0 Å². The van der Waals surface area contributed by atoms with Gasteiger partial charge < -0.3 is 30.9 Å². The van der Waals surface area contributed by atoms with Crippen LogP contribution in [-0.4, -0.2) is 99.0 Å². The first-order valence-corrected chi connectivity index (χ1v) is 16.7. The maximum absolute atomic E-state index is 14.0. The Morgan fingerprint density at radius 2 is 1.54 bits per heavy atom. The summed E-state index contributed by atoms with van der Waals surface area (Å²) in [4.78, 5) is 71.1. The molecule has 1 aromatic heterocycles. The van der Waals surface area contributed by atoms with E-state index in [2.05, 4.69) is 36.7 Å². The van der Waals surface area contributed by atoms with Crippen LogP contribution in [0.4, 0.5) is 0 Å². The molecule has 2 aromatic carbocycles. The number of methoxy groups -OCH3 is 1. The Labute approximate surface area is 291 Å². The van der Waals surface area contributed by atoms with Crippen LogP contribution in [0, 0.1) is 11.8 Å². The zero-order valence-corrected chi connectivity index (χ0v) is 29.6. The van der Waals surface area contributed by atoms with E-state index in [0.29, 0.717) is 22.7 Å². The molecule has 268 valence electrons. The number of rotatable bonds is 8. The molecule has 0 spiro atoms. The Morgan fingerprint density at radius 1 is 0.880 bits per heavy atom. The molecule has 1 aliphatic rings.